The molecule has 0 amide bonds. The molecule has 0 unspecified atom stereocenters. The van der Waals surface area contributed by atoms with Gasteiger partial charge in [0, 0.05) is 11.4 Å². The third kappa shape index (κ3) is 4.20. The number of carbonyl (C=O) groups excluding carboxylic acids is 1. The summed E-state index contributed by atoms with van der Waals surface area (Å²) in [4.78, 5) is 13.5. The smallest absolute Gasteiger partial charge is 0.341 e. The van der Waals surface area contributed by atoms with E-state index in [9.17, 15) is 4.79 Å². The normalized spacial score (nSPS) is 14.5. The minimum absolute atomic E-state index is 0.265. The van der Waals surface area contributed by atoms with Gasteiger partial charge >= 0.3 is 5.97 Å². The van der Waals surface area contributed by atoms with E-state index in [-0.39, 0.29) is 5.97 Å². The van der Waals surface area contributed by atoms with Crippen molar-refractivity contribution in [1.29, 1.82) is 0 Å². The van der Waals surface area contributed by atoms with Crippen LogP contribution in [0.15, 0.2) is 0 Å². The fourth-order valence-electron chi connectivity index (χ4n) is 2.71. The van der Waals surface area contributed by atoms with E-state index in [4.69, 9.17) is 17.0 Å². The maximum Gasteiger partial charge on any atom is 0.341 e. The lowest BCUT2D eigenvalue weighted by atomic mass is 9.96. The summed E-state index contributed by atoms with van der Waals surface area (Å²) in [5, 5.41) is 7.74. The van der Waals surface area contributed by atoms with Crippen molar-refractivity contribution >= 4 is 39.6 Å². The van der Waals surface area contributed by atoms with Gasteiger partial charge in [-0.05, 0) is 49.9 Å². The van der Waals surface area contributed by atoms with Gasteiger partial charge in [-0.2, -0.15) is 0 Å². The molecule has 0 saturated carbocycles. The fourth-order valence-corrected chi connectivity index (χ4v) is 4.26. The van der Waals surface area contributed by atoms with E-state index in [2.05, 4.69) is 17.6 Å². The number of fused-ring (bicyclic) bond motifs is 1. The highest BCUT2D eigenvalue weighted by Crippen LogP contribution is 2.37. The number of carbonyl (C=O) groups is 1. The van der Waals surface area contributed by atoms with Gasteiger partial charge in [0.2, 0.25) is 0 Å². The first-order valence-corrected chi connectivity index (χ1v) is 9.17. The van der Waals surface area contributed by atoms with Crippen LogP contribution in [0.2, 0.25) is 0 Å². The minimum Gasteiger partial charge on any atom is -0.465 e. The molecule has 122 valence electrons. The molecule has 1 aliphatic carbocycles. The summed E-state index contributed by atoms with van der Waals surface area (Å²) in [6.07, 6.45) is 7.82. The second-order valence-electron chi connectivity index (χ2n) is 5.49. The fraction of sp³-hybridized carbons (Fsp3) is 0.625. The molecule has 2 N–H and O–H groups in total. The Hall–Kier alpha value is -1.14. The second kappa shape index (κ2) is 8.48. The Morgan fingerprint density at radius 1 is 1.27 bits per heavy atom. The van der Waals surface area contributed by atoms with Crippen LogP contribution in [0.4, 0.5) is 5.00 Å². The molecule has 0 aromatic carbocycles. The van der Waals surface area contributed by atoms with E-state index < -0.39 is 0 Å². The van der Waals surface area contributed by atoms with Crippen LogP contribution in [-0.4, -0.2) is 24.7 Å². The van der Waals surface area contributed by atoms with Gasteiger partial charge in [-0.25, -0.2) is 4.79 Å². The number of hydrogen-bond acceptors (Lipinski definition) is 4. The molecule has 2 rings (SSSR count). The van der Waals surface area contributed by atoms with Crippen LogP contribution < -0.4 is 10.6 Å². The molecule has 1 heterocycles. The summed E-state index contributed by atoms with van der Waals surface area (Å²) < 4.78 is 5.00. The molecule has 0 spiro atoms. The zero-order chi connectivity index (χ0) is 15.9. The Labute approximate surface area is 141 Å². The van der Waals surface area contributed by atoms with E-state index in [0.717, 1.165) is 42.8 Å². The topological polar surface area (TPSA) is 50.4 Å². The average Bonchev–Trinajstić information content (AvgIpc) is 2.81. The van der Waals surface area contributed by atoms with Gasteiger partial charge in [-0.3, -0.25) is 0 Å². The van der Waals surface area contributed by atoms with Gasteiger partial charge in [0.15, 0.2) is 5.11 Å². The lowest BCUT2D eigenvalue weighted by molar-refractivity contribution is 0.0601. The summed E-state index contributed by atoms with van der Waals surface area (Å²) >= 11 is 6.96. The van der Waals surface area contributed by atoms with Crippen molar-refractivity contribution in [2.45, 2.75) is 51.9 Å². The van der Waals surface area contributed by atoms with Crippen molar-refractivity contribution in [3.8, 4) is 0 Å². The Morgan fingerprint density at radius 2 is 2.00 bits per heavy atom. The molecule has 6 heteroatoms. The SMILES string of the molecule is CCCNC(=S)Nc1sc2c(c1C(=O)OC)CCCCCC2. The van der Waals surface area contributed by atoms with Gasteiger partial charge < -0.3 is 15.4 Å². The van der Waals surface area contributed by atoms with Crippen molar-refractivity contribution in [2.75, 3.05) is 19.0 Å². The minimum atomic E-state index is -0.265. The van der Waals surface area contributed by atoms with Crippen LogP contribution in [0.3, 0.4) is 0 Å². The number of esters is 1. The lowest BCUT2D eigenvalue weighted by Gasteiger charge is -2.11. The third-order valence-electron chi connectivity index (χ3n) is 3.82. The van der Waals surface area contributed by atoms with Gasteiger partial charge in [-0.15, -0.1) is 11.3 Å². The first-order chi connectivity index (χ1) is 10.7. The Morgan fingerprint density at radius 3 is 2.68 bits per heavy atom. The summed E-state index contributed by atoms with van der Waals surface area (Å²) in [5.41, 5.74) is 1.85. The zero-order valence-corrected chi connectivity index (χ0v) is 14.9. The first-order valence-electron chi connectivity index (χ1n) is 7.95. The third-order valence-corrected chi connectivity index (χ3v) is 5.28. The van der Waals surface area contributed by atoms with Crippen LogP contribution >= 0.6 is 23.6 Å². The summed E-state index contributed by atoms with van der Waals surface area (Å²) in [6, 6.07) is 0. The molecule has 0 bridgehead atoms. The van der Waals surface area contributed by atoms with Gasteiger partial charge in [-0.1, -0.05) is 19.8 Å². The largest absolute Gasteiger partial charge is 0.465 e. The number of aryl methyl sites for hydroxylation is 1. The number of ether oxygens (including phenoxy) is 1. The van der Waals surface area contributed by atoms with Crippen LogP contribution in [0.1, 0.15) is 59.8 Å². The van der Waals surface area contributed by atoms with Gasteiger partial charge in [0.1, 0.15) is 5.00 Å². The Kier molecular flexibility index (Phi) is 6.64. The maximum absolute atomic E-state index is 12.2. The summed E-state index contributed by atoms with van der Waals surface area (Å²) in [6.45, 7) is 2.91. The van der Waals surface area contributed by atoms with E-state index >= 15 is 0 Å². The van der Waals surface area contributed by atoms with Crippen molar-refractivity contribution in [3.05, 3.63) is 16.0 Å². The van der Waals surface area contributed by atoms with Crippen LogP contribution in [0.5, 0.6) is 0 Å². The highest BCUT2D eigenvalue weighted by molar-refractivity contribution is 7.80. The Balaban J connectivity index is 2.29. The second-order valence-corrected chi connectivity index (χ2v) is 7.01. The van der Waals surface area contributed by atoms with Crippen molar-refractivity contribution in [1.82, 2.24) is 5.32 Å². The molecular formula is C16H24N2O2S2. The molecule has 1 aromatic heterocycles. The molecule has 0 fully saturated rings. The summed E-state index contributed by atoms with van der Waals surface area (Å²) in [5.74, 6) is -0.265. The number of thiophene rings is 1. The van der Waals surface area contributed by atoms with Crippen LogP contribution in [0, 0.1) is 0 Å². The summed E-state index contributed by atoms with van der Waals surface area (Å²) in [7, 11) is 1.44. The first kappa shape index (κ1) is 17.2. The molecule has 1 aromatic rings. The number of anilines is 1. The predicted octanol–water partition coefficient (Wildman–Crippen LogP) is 3.89. The average molecular weight is 341 g/mol. The van der Waals surface area contributed by atoms with Crippen molar-refractivity contribution in [3.63, 3.8) is 0 Å². The van der Waals surface area contributed by atoms with Crippen molar-refractivity contribution in [2.24, 2.45) is 0 Å². The molecule has 22 heavy (non-hydrogen) atoms. The standard InChI is InChI=1S/C16H24N2O2S2/c1-3-10-17-16(21)18-14-13(15(19)20-2)11-8-6-4-5-7-9-12(11)22-14/h3-10H2,1-2H3,(H2,17,18,21). The maximum atomic E-state index is 12.2. The molecule has 0 saturated heterocycles. The molecule has 1 aliphatic rings. The number of hydrogen-bond donors (Lipinski definition) is 2. The van der Waals surface area contributed by atoms with E-state index in [1.54, 1.807) is 11.3 Å². The van der Waals surface area contributed by atoms with Gasteiger partial charge in [0.25, 0.3) is 0 Å². The number of thiocarbonyl (C=S) groups is 1. The highest BCUT2D eigenvalue weighted by Gasteiger charge is 2.25. The number of nitrogens with one attached hydrogen (secondary N) is 2. The van der Waals surface area contributed by atoms with Crippen LogP contribution in [-0.2, 0) is 17.6 Å². The van der Waals surface area contributed by atoms with E-state index in [1.807, 2.05) is 0 Å². The quantitative estimate of drug-likeness (QED) is 0.643. The van der Waals surface area contributed by atoms with Crippen molar-refractivity contribution < 1.29 is 9.53 Å². The van der Waals surface area contributed by atoms with E-state index in [0.29, 0.717) is 10.7 Å². The predicted molar refractivity (Wildman–Crippen MR) is 96.0 cm³/mol. The molecule has 4 nitrogen and oxygen atoms in total. The van der Waals surface area contributed by atoms with Crippen LogP contribution in [0.25, 0.3) is 0 Å². The lowest BCUT2D eigenvalue weighted by Crippen LogP contribution is -2.29. The monoisotopic (exact) mass is 340 g/mol. The van der Waals surface area contributed by atoms with Gasteiger partial charge in [0.05, 0.1) is 12.7 Å². The molecule has 0 radical (unpaired) electrons. The zero-order valence-electron chi connectivity index (χ0n) is 13.3. The Bertz CT molecular complexity index is 540. The molecule has 0 aliphatic heterocycles. The number of rotatable bonds is 4. The number of methoxy groups -OCH3 is 1. The molecular weight excluding hydrogens is 316 g/mol. The molecule has 0 atom stereocenters. The van der Waals surface area contributed by atoms with E-state index in [1.165, 1.54) is 31.2 Å². The highest BCUT2D eigenvalue weighted by atomic mass is 32.1.